The van der Waals surface area contributed by atoms with Crippen molar-refractivity contribution in [2.45, 2.75) is 45.3 Å². The van der Waals surface area contributed by atoms with Gasteiger partial charge in [0.15, 0.2) is 11.5 Å². The lowest BCUT2D eigenvalue weighted by Crippen LogP contribution is -2.44. The standard InChI is InChI=1S/C19H21N3O4S/c1-2-17-21-13(10-27-17)8-20-19(24)14-4-6-18(23)22(14)9-12-3-5-15-16(7-12)26-11-25-15/h3,5,7,10,14H,2,4,6,8-9,11H2,1H3,(H,20,24)/t14-/m1/s1. The van der Waals surface area contributed by atoms with E-state index < -0.39 is 6.04 Å². The summed E-state index contributed by atoms with van der Waals surface area (Å²) in [6.45, 7) is 3.03. The second-order valence-electron chi connectivity index (χ2n) is 6.57. The van der Waals surface area contributed by atoms with Crippen LogP contribution in [-0.2, 0) is 29.1 Å². The largest absolute Gasteiger partial charge is 0.454 e. The minimum Gasteiger partial charge on any atom is -0.454 e. The normalized spacial score (nSPS) is 18.2. The van der Waals surface area contributed by atoms with Crippen molar-refractivity contribution in [1.82, 2.24) is 15.2 Å². The highest BCUT2D eigenvalue weighted by Crippen LogP contribution is 2.33. The second kappa shape index (κ2) is 7.56. The number of amides is 2. The molecule has 1 saturated heterocycles. The lowest BCUT2D eigenvalue weighted by Gasteiger charge is -2.24. The highest BCUT2D eigenvalue weighted by Gasteiger charge is 2.36. The molecule has 4 rings (SSSR count). The minimum atomic E-state index is -0.452. The number of fused-ring (bicyclic) bond motifs is 1. The van der Waals surface area contributed by atoms with Crippen molar-refractivity contribution in [2.24, 2.45) is 0 Å². The van der Waals surface area contributed by atoms with Gasteiger partial charge in [0.2, 0.25) is 18.6 Å². The lowest BCUT2D eigenvalue weighted by atomic mass is 10.1. The minimum absolute atomic E-state index is 0.00487. The molecule has 7 nitrogen and oxygen atoms in total. The summed E-state index contributed by atoms with van der Waals surface area (Å²) in [7, 11) is 0. The molecule has 27 heavy (non-hydrogen) atoms. The van der Waals surface area contributed by atoms with Gasteiger partial charge < -0.3 is 19.7 Å². The molecule has 1 aromatic carbocycles. The maximum absolute atomic E-state index is 12.7. The number of hydrogen-bond donors (Lipinski definition) is 1. The monoisotopic (exact) mass is 387 g/mol. The molecule has 0 aliphatic carbocycles. The van der Waals surface area contributed by atoms with Crippen LogP contribution in [0.1, 0.15) is 36.0 Å². The first-order valence-electron chi connectivity index (χ1n) is 9.03. The van der Waals surface area contributed by atoms with Crippen molar-refractivity contribution in [1.29, 1.82) is 0 Å². The molecular weight excluding hydrogens is 366 g/mol. The lowest BCUT2D eigenvalue weighted by molar-refractivity contribution is -0.135. The number of aryl methyl sites for hydroxylation is 1. The van der Waals surface area contributed by atoms with E-state index in [0.717, 1.165) is 22.7 Å². The van der Waals surface area contributed by atoms with Crippen LogP contribution < -0.4 is 14.8 Å². The molecule has 0 unspecified atom stereocenters. The van der Waals surface area contributed by atoms with E-state index in [0.29, 0.717) is 37.4 Å². The Morgan fingerprint density at radius 2 is 2.22 bits per heavy atom. The maximum atomic E-state index is 12.7. The predicted octanol–water partition coefficient (Wildman–Crippen LogP) is 2.24. The Hall–Kier alpha value is -2.61. The van der Waals surface area contributed by atoms with Crippen LogP contribution in [-0.4, -0.2) is 34.5 Å². The Labute approximate surface area is 161 Å². The molecule has 2 aliphatic rings. The van der Waals surface area contributed by atoms with Crippen LogP contribution >= 0.6 is 11.3 Å². The van der Waals surface area contributed by atoms with Crippen LogP contribution in [0.25, 0.3) is 0 Å². The molecule has 2 amide bonds. The van der Waals surface area contributed by atoms with E-state index in [1.807, 2.05) is 23.6 Å². The number of thiazole rings is 1. The van der Waals surface area contributed by atoms with Crippen LogP contribution in [0.2, 0.25) is 0 Å². The van der Waals surface area contributed by atoms with Gasteiger partial charge in [-0.3, -0.25) is 9.59 Å². The molecule has 3 heterocycles. The summed E-state index contributed by atoms with van der Waals surface area (Å²) >= 11 is 1.60. The van der Waals surface area contributed by atoms with E-state index in [1.54, 1.807) is 16.2 Å². The molecule has 1 atom stereocenters. The Morgan fingerprint density at radius 3 is 3.04 bits per heavy atom. The van der Waals surface area contributed by atoms with Crippen molar-refractivity contribution >= 4 is 23.2 Å². The third-order valence-electron chi connectivity index (χ3n) is 4.77. The summed E-state index contributed by atoms with van der Waals surface area (Å²) < 4.78 is 10.7. The molecule has 2 aromatic rings. The fraction of sp³-hybridized carbons (Fsp3) is 0.421. The first kappa shape index (κ1) is 17.8. The van der Waals surface area contributed by atoms with Crippen LogP contribution in [0, 0.1) is 0 Å². The van der Waals surface area contributed by atoms with Gasteiger partial charge in [-0.15, -0.1) is 11.3 Å². The fourth-order valence-electron chi connectivity index (χ4n) is 3.33. The SMILES string of the molecule is CCc1nc(CNC(=O)[C@H]2CCC(=O)N2Cc2ccc3c(c2)OCO3)cs1. The smallest absolute Gasteiger partial charge is 0.243 e. The average Bonchev–Trinajstić information content (AvgIpc) is 3.40. The zero-order valence-corrected chi connectivity index (χ0v) is 15.9. The Bertz CT molecular complexity index is 866. The van der Waals surface area contributed by atoms with Gasteiger partial charge in [0.05, 0.1) is 17.2 Å². The summed E-state index contributed by atoms with van der Waals surface area (Å²) in [5, 5.41) is 5.94. The van der Waals surface area contributed by atoms with Crippen LogP contribution in [0.15, 0.2) is 23.6 Å². The first-order valence-corrected chi connectivity index (χ1v) is 9.91. The number of carbonyl (C=O) groups is 2. The number of carbonyl (C=O) groups excluding carboxylic acids is 2. The number of nitrogens with zero attached hydrogens (tertiary/aromatic N) is 2. The molecule has 1 N–H and O–H groups in total. The van der Waals surface area contributed by atoms with E-state index in [2.05, 4.69) is 17.2 Å². The van der Waals surface area contributed by atoms with Gasteiger partial charge in [0.25, 0.3) is 0 Å². The number of hydrogen-bond acceptors (Lipinski definition) is 6. The number of likely N-dealkylation sites (tertiary alicyclic amines) is 1. The summed E-state index contributed by atoms with van der Waals surface area (Å²) in [5.74, 6) is 1.24. The van der Waals surface area contributed by atoms with Crippen molar-refractivity contribution in [3.05, 3.63) is 39.8 Å². The van der Waals surface area contributed by atoms with Crippen molar-refractivity contribution in [2.75, 3.05) is 6.79 Å². The summed E-state index contributed by atoms with van der Waals surface area (Å²) in [6, 6.07) is 5.15. The zero-order valence-electron chi connectivity index (χ0n) is 15.1. The van der Waals surface area contributed by atoms with E-state index >= 15 is 0 Å². The third kappa shape index (κ3) is 3.75. The van der Waals surface area contributed by atoms with Crippen LogP contribution in [0.5, 0.6) is 11.5 Å². The number of aromatic nitrogens is 1. The molecule has 1 aromatic heterocycles. The van der Waals surface area contributed by atoms with E-state index in [-0.39, 0.29) is 18.6 Å². The Balaban J connectivity index is 1.40. The van der Waals surface area contributed by atoms with Crippen molar-refractivity contribution in [3.63, 3.8) is 0 Å². The maximum Gasteiger partial charge on any atom is 0.243 e. The Morgan fingerprint density at radius 1 is 1.37 bits per heavy atom. The molecule has 8 heteroatoms. The molecular formula is C19H21N3O4S. The van der Waals surface area contributed by atoms with Crippen LogP contribution in [0.3, 0.4) is 0 Å². The Kier molecular flexibility index (Phi) is 4.98. The topological polar surface area (TPSA) is 80.8 Å². The molecule has 0 bridgehead atoms. The third-order valence-corrected chi connectivity index (χ3v) is 5.81. The fourth-order valence-corrected chi connectivity index (χ4v) is 4.07. The molecule has 0 radical (unpaired) electrons. The van der Waals surface area contributed by atoms with Gasteiger partial charge in [0, 0.05) is 18.3 Å². The van der Waals surface area contributed by atoms with Crippen molar-refractivity contribution < 1.29 is 19.1 Å². The number of benzene rings is 1. The van der Waals surface area contributed by atoms with E-state index in [1.165, 1.54) is 0 Å². The van der Waals surface area contributed by atoms with Gasteiger partial charge in [-0.25, -0.2) is 4.98 Å². The van der Waals surface area contributed by atoms with Crippen molar-refractivity contribution in [3.8, 4) is 11.5 Å². The number of ether oxygens (including phenoxy) is 2. The summed E-state index contributed by atoms with van der Waals surface area (Å²) in [4.78, 5) is 31.1. The molecule has 2 aliphatic heterocycles. The number of rotatable bonds is 6. The van der Waals surface area contributed by atoms with Gasteiger partial charge in [0.1, 0.15) is 6.04 Å². The van der Waals surface area contributed by atoms with Gasteiger partial charge >= 0.3 is 0 Å². The summed E-state index contributed by atoms with van der Waals surface area (Å²) in [6.07, 6.45) is 1.81. The van der Waals surface area contributed by atoms with Gasteiger partial charge in [-0.2, -0.15) is 0 Å². The first-order chi connectivity index (χ1) is 13.1. The molecule has 0 saturated carbocycles. The highest BCUT2D eigenvalue weighted by molar-refractivity contribution is 7.09. The highest BCUT2D eigenvalue weighted by atomic mass is 32.1. The van der Waals surface area contributed by atoms with Gasteiger partial charge in [-0.1, -0.05) is 13.0 Å². The van der Waals surface area contributed by atoms with Gasteiger partial charge in [-0.05, 0) is 30.5 Å². The zero-order chi connectivity index (χ0) is 18.8. The molecule has 1 fully saturated rings. The molecule has 0 spiro atoms. The van der Waals surface area contributed by atoms with E-state index in [9.17, 15) is 9.59 Å². The van der Waals surface area contributed by atoms with E-state index in [4.69, 9.17) is 9.47 Å². The quantitative estimate of drug-likeness (QED) is 0.822. The average molecular weight is 387 g/mol. The summed E-state index contributed by atoms with van der Waals surface area (Å²) in [5.41, 5.74) is 1.77. The number of nitrogens with one attached hydrogen (secondary N) is 1. The predicted molar refractivity (Wildman–Crippen MR) is 99.5 cm³/mol. The van der Waals surface area contributed by atoms with Crippen LogP contribution in [0.4, 0.5) is 0 Å². The second-order valence-corrected chi connectivity index (χ2v) is 7.51. The molecule has 142 valence electrons.